The Labute approximate surface area is 124 Å². The van der Waals surface area contributed by atoms with Crippen molar-refractivity contribution in [3.63, 3.8) is 0 Å². The Bertz CT molecular complexity index is 649. The molecule has 4 heteroatoms. The van der Waals surface area contributed by atoms with Crippen LogP contribution in [0.1, 0.15) is 16.7 Å². The van der Waals surface area contributed by atoms with Crippen LogP contribution < -0.4 is 10.1 Å². The van der Waals surface area contributed by atoms with Gasteiger partial charge in [0, 0.05) is 18.7 Å². The average molecular weight is 284 g/mol. The molecule has 0 aliphatic rings. The summed E-state index contributed by atoms with van der Waals surface area (Å²) in [6, 6.07) is 14.5. The Morgan fingerprint density at radius 1 is 1.24 bits per heavy atom. The molecule has 2 rings (SSSR count). The molecule has 0 saturated heterocycles. The van der Waals surface area contributed by atoms with E-state index in [1.807, 2.05) is 37.3 Å². The lowest BCUT2D eigenvalue weighted by atomic mass is 10.1. The fourth-order valence-electron chi connectivity index (χ4n) is 1.97. The van der Waals surface area contributed by atoms with Gasteiger partial charge in [-0.3, -0.25) is 0 Å². The van der Waals surface area contributed by atoms with Gasteiger partial charge in [-0.2, -0.15) is 5.26 Å². The summed E-state index contributed by atoms with van der Waals surface area (Å²) in [5, 5.41) is 11.9. The molecule has 108 valence electrons. The van der Waals surface area contributed by atoms with Crippen molar-refractivity contribution in [2.24, 2.45) is 0 Å². The second-order valence-corrected chi connectivity index (χ2v) is 4.73. The predicted molar refractivity (Wildman–Crippen MR) is 79.5 cm³/mol. The first-order chi connectivity index (χ1) is 10.2. The van der Waals surface area contributed by atoms with Gasteiger partial charge >= 0.3 is 0 Å². The minimum absolute atomic E-state index is 0.0744. The van der Waals surface area contributed by atoms with Gasteiger partial charge < -0.3 is 10.1 Å². The Kier molecular flexibility index (Phi) is 5.30. The summed E-state index contributed by atoms with van der Waals surface area (Å²) in [4.78, 5) is 0. The molecular weight excluding hydrogens is 267 g/mol. The standard InChI is InChI=1S/C17H17FN2O/c1-13-4-2-7-16(10-13)21-9-8-20-12-15-6-3-5-14(11-19)17(15)18/h2-7,10,20H,8-9,12H2,1H3. The van der Waals surface area contributed by atoms with Crippen LogP contribution >= 0.6 is 0 Å². The summed E-state index contributed by atoms with van der Waals surface area (Å²) in [7, 11) is 0. The molecule has 0 fully saturated rings. The van der Waals surface area contributed by atoms with Gasteiger partial charge in [0.1, 0.15) is 24.2 Å². The molecule has 21 heavy (non-hydrogen) atoms. The summed E-state index contributed by atoms with van der Waals surface area (Å²) >= 11 is 0. The minimum Gasteiger partial charge on any atom is -0.492 e. The topological polar surface area (TPSA) is 45.0 Å². The maximum absolute atomic E-state index is 13.8. The molecule has 0 spiro atoms. The van der Waals surface area contributed by atoms with Crippen LogP contribution in [-0.4, -0.2) is 13.2 Å². The van der Waals surface area contributed by atoms with Crippen LogP contribution in [0.2, 0.25) is 0 Å². The van der Waals surface area contributed by atoms with Crippen LogP contribution in [0.5, 0.6) is 5.75 Å². The van der Waals surface area contributed by atoms with Gasteiger partial charge in [-0.15, -0.1) is 0 Å². The summed E-state index contributed by atoms with van der Waals surface area (Å²) < 4.78 is 19.4. The van der Waals surface area contributed by atoms with Crippen LogP contribution in [0.3, 0.4) is 0 Å². The number of nitriles is 1. The Balaban J connectivity index is 1.77. The molecule has 0 radical (unpaired) electrons. The van der Waals surface area contributed by atoms with Crippen molar-refractivity contribution in [3.05, 3.63) is 65.0 Å². The number of hydrogen-bond donors (Lipinski definition) is 1. The number of hydrogen-bond acceptors (Lipinski definition) is 3. The predicted octanol–water partition coefficient (Wildman–Crippen LogP) is 3.17. The van der Waals surface area contributed by atoms with E-state index < -0.39 is 5.82 Å². The first kappa shape index (κ1) is 15.0. The third-order valence-corrected chi connectivity index (χ3v) is 3.05. The highest BCUT2D eigenvalue weighted by Gasteiger charge is 2.06. The molecular formula is C17H17FN2O. The zero-order valence-corrected chi connectivity index (χ0v) is 11.9. The first-order valence-corrected chi connectivity index (χ1v) is 6.78. The fraction of sp³-hybridized carbons (Fsp3) is 0.235. The molecule has 0 aliphatic heterocycles. The number of rotatable bonds is 6. The molecule has 0 atom stereocenters. The van der Waals surface area contributed by atoms with Crippen molar-refractivity contribution in [2.45, 2.75) is 13.5 Å². The summed E-state index contributed by atoms with van der Waals surface area (Å²) in [5.41, 5.74) is 1.71. The van der Waals surface area contributed by atoms with E-state index in [2.05, 4.69) is 5.32 Å². The summed E-state index contributed by atoms with van der Waals surface area (Å²) in [6.07, 6.45) is 0. The normalized spacial score (nSPS) is 10.1. The van der Waals surface area contributed by atoms with E-state index in [-0.39, 0.29) is 5.56 Å². The minimum atomic E-state index is -0.452. The van der Waals surface area contributed by atoms with E-state index >= 15 is 0 Å². The Morgan fingerprint density at radius 3 is 2.81 bits per heavy atom. The number of benzene rings is 2. The molecule has 0 aliphatic carbocycles. The second kappa shape index (κ2) is 7.41. The van der Waals surface area contributed by atoms with Crippen molar-refractivity contribution in [2.75, 3.05) is 13.2 Å². The molecule has 1 N–H and O–H groups in total. The highest BCUT2D eigenvalue weighted by molar-refractivity contribution is 5.34. The highest BCUT2D eigenvalue weighted by atomic mass is 19.1. The lowest BCUT2D eigenvalue weighted by molar-refractivity contribution is 0.313. The average Bonchev–Trinajstić information content (AvgIpc) is 2.48. The van der Waals surface area contributed by atoms with Gasteiger partial charge in [0.2, 0.25) is 0 Å². The summed E-state index contributed by atoms with van der Waals surface area (Å²) in [6.45, 7) is 3.49. The van der Waals surface area contributed by atoms with Gasteiger partial charge in [0.25, 0.3) is 0 Å². The maximum atomic E-state index is 13.8. The smallest absolute Gasteiger partial charge is 0.145 e. The molecule has 0 bridgehead atoms. The van der Waals surface area contributed by atoms with Crippen molar-refractivity contribution in [1.82, 2.24) is 5.32 Å². The van der Waals surface area contributed by atoms with Crippen molar-refractivity contribution >= 4 is 0 Å². The third-order valence-electron chi connectivity index (χ3n) is 3.05. The summed E-state index contributed by atoms with van der Waals surface area (Å²) in [5.74, 6) is 0.376. The molecule has 0 amide bonds. The van der Waals surface area contributed by atoms with E-state index in [4.69, 9.17) is 10.00 Å². The highest BCUT2D eigenvalue weighted by Crippen LogP contribution is 2.13. The fourth-order valence-corrected chi connectivity index (χ4v) is 1.97. The molecule has 3 nitrogen and oxygen atoms in total. The lowest BCUT2D eigenvalue weighted by Gasteiger charge is -2.09. The van der Waals surface area contributed by atoms with Gasteiger partial charge in [0.05, 0.1) is 5.56 Å². The number of nitrogens with one attached hydrogen (secondary N) is 1. The number of ether oxygens (including phenoxy) is 1. The molecule has 0 heterocycles. The quantitative estimate of drug-likeness (QED) is 0.829. The molecule has 2 aromatic carbocycles. The van der Waals surface area contributed by atoms with E-state index in [1.54, 1.807) is 12.1 Å². The van der Waals surface area contributed by atoms with Crippen molar-refractivity contribution in [1.29, 1.82) is 5.26 Å². The number of halogens is 1. The van der Waals surface area contributed by atoms with Crippen LogP contribution in [0.4, 0.5) is 4.39 Å². The molecule has 2 aromatic rings. The van der Waals surface area contributed by atoms with Gasteiger partial charge in [-0.1, -0.05) is 24.3 Å². The zero-order valence-electron chi connectivity index (χ0n) is 11.9. The van der Waals surface area contributed by atoms with Crippen LogP contribution in [0.25, 0.3) is 0 Å². The first-order valence-electron chi connectivity index (χ1n) is 6.78. The van der Waals surface area contributed by atoms with E-state index in [9.17, 15) is 4.39 Å². The Morgan fingerprint density at radius 2 is 2.05 bits per heavy atom. The van der Waals surface area contributed by atoms with Gasteiger partial charge in [-0.05, 0) is 30.7 Å². The van der Waals surface area contributed by atoms with Crippen molar-refractivity contribution < 1.29 is 9.13 Å². The maximum Gasteiger partial charge on any atom is 0.145 e. The van der Waals surface area contributed by atoms with Gasteiger partial charge in [0.15, 0.2) is 0 Å². The number of nitrogens with zero attached hydrogens (tertiary/aromatic N) is 1. The Hall–Kier alpha value is -2.38. The van der Waals surface area contributed by atoms with E-state index in [0.29, 0.717) is 25.3 Å². The molecule has 0 aromatic heterocycles. The monoisotopic (exact) mass is 284 g/mol. The van der Waals surface area contributed by atoms with Crippen molar-refractivity contribution in [3.8, 4) is 11.8 Å². The lowest BCUT2D eigenvalue weighted by Crippen LogP contribution is -2.21. The molecule has 0 unspecified atom stereocenters. The SMILES string of the molecule is Cc1cccc(OCCNCc2cccc(C#N)c2F)c1. The van der Waals surface area contributed by atoms with Crippen LogP contribution in [0.15, 0.2) is 42.5 Å². The largest absolute Gasteiger partial charge is 0.492 e. The third kappa shape index (κ3) is 4.30. The zero-order chi connectivity index (χ0) is 15.1. The van der Waals surface area contributed by atoms with Gasteiger partial charge in [-0.25, -0.2) is 4.39 Å². The van der Waals surface area contributed by atoms with Crippen LogP contribution in [-0.2, 0) is 6.54 Å². The van der Waals surface area contributed by atoms with E-state index in [1.165, 1.54) is 6.07 Å². The second-order valence-electron chi connectivity index (χ2n) is 4.73. The van der Waals surface area contributed by atoms with E-state index in [0.717, 1.165) is 11.3 Å². The molecule has 0 saturated carbocycles. The number of aryl methyl sites for hydroxylation is 1. The van der Waals surface area contributed by atoms with Crippen LogP contribution in [0, 0.1) is 24.1 Å².